The van der Waals surface area contributed by atoms with Crippen molar-refractivity contribution in [1.29, 1.82) is 0 Å². The van der Waals surface area contributed by atoms with Crippen LogP contribution in [-0.2, 0) is 4.79 Å². The second-order valence-corrected chi connectivity index (χ2v) is 5.89. The molecule has 9 heteroatoms. The molecule has 2 amide bonds. The molecule has 8 nitrogen and oxygen atoms in total. The Bertz CT molecular complexity index is 965. The largest absolute Gasteiger partial charge is 0.352 e. The van der Waals surface area contributed by atoms with Crippen molar-refractivity contribution in [2.24, 2.45) is 0 Å². The predicted octanol–water partition coefficient (Wildman–Crippen LogP) is 2.79. The highest BCUT2D eigenvalue weighted by Gasteiger charge is 2.15. The fourth-order valence-corrected chi connectivity index (χ4v) is 2.45. The Balaban J connectivity index is 1.63. The summed E-state index contributed by atoms with van der Waals surface area (Å²) in [6.45, 7) is 1.72. The zero-order valence-corrected chi connectivity index (χ0v) is 14.7. The molecule has 2 aromatic heterocycles. The van der Waals surface area contributed by atoms with Crippen LogP contribution in [-0.4, -0.2) is 31.6 Å². The first-order chi connectivity index (χ1) is 12.5. The number of pyridine rings is 1. The van der Waals surface area contributed by atoms with Gasteiger partial charge >= 0.3 is 0 Å². The van der Waals surface area contributed by atoms with Crippen molar-refractivity contribution in [2.75, 3.05) is 10.6 Å². The van der Waals surface area contributed by atoms with Crippen LogP contribution >= 0.6 is 12.2 Å². The van der Waals surface area contributed by atoms with Crippen LogP contribution in [0.3, 0.4) is 0 Å². The molecule has 0 fully saturated rings. The Kier molecular flexibility index (Phi) is 5.18. The molecule has 3 aromatic rings. The minimum absolute atomic E-state index is 0.220. The van der Waals surface area contributed by atoms with Crippen LogP contribution in [0.1, 0.15) is 23.3 Å². The highest BCUT2D eigenvalue weighted by atomic mass is 32.1. The van der Waals surface area contributed by atoms with Crippen molar-refractivity contribution >= 4 is 35.4 Å². The summed E-state index contributed by atoms with van der Waals surface area (Å²) >= 11 is 5.10. The summed E-state index contributed by atoms with van der Waals surface area (Å²) < 4.78 is 1.84. The number of hydrogen-bond donors (Lipinski definition) is 3. The lowest BCUT2D eigenvalue weighted by Crippen LogP contribution is -2.24. The Morgan fingerprint density at radius 2 is 1.85 bits per heavy atom. The molecule has 1 atom stereocenters. The molecule has 0 spiro atoms. The molecule has 0 bridgehead atoms. The number of benzene rings is 1. The molecule has 0 aliphatic rings. The van der Waals surface area contributed by atoms with Crippen LogP contribution in [0.25, 0.3) is 0 Å². The maximum atomic E-state index is 12.2. The van der Waals surface area contributed by atoms with Crippen LogP contribution in [0.5, 0.6) is 0 Å². The molecule has 0 saturated heterocycles. The van der Waals surface area contributed by atoms with E-state index in [0.717, 1.165) is 0 Å². The molecule has 3 N–H and O–H groups in total. The lowest BCUT2D eigenvalue weighted by atomic mass is 10.2. The van der Waals surface area contributed by atoms with E-state index in [2.05, 4.69) is 25.7 Å². The molecule has 3 rings (SSSR count). The van der Waals surface area contributed by atoms with Crippen LogP contribution in [0.15, 0.2) is 55.2 Å². The summed E-state index contributed by atoms with van der Waals surface area (Å²) in [7, 11) is 0. The fourth-order valence-electron chi connectivity index (χ4n) is 2.22. The smallest absolute Gasteiger partial charge is 0.258 e. The van der Waals surface area contributed by atoms with Gasteiger partial charge in [0, 0.05) is 17.6 Å². The summed E-state index contributed by atoms with van der Waals surface area (Å²) in [5.41, 5.74) is 1.59. The van der Waals surface area contributed by atoms with Crippen molar-refractivity contribution in [1.82, 2.24) is 19.7 Å². The maximum Gasteiger partial charge on any atom is 0.258 e. The van der Waals surface area contributed by atoms with E-state index in [1.165, 1.54) is 17.3 Å². The first-order valence-electron chi connectivity index (χ1n) is 7.78. The molecular formula is C17H16N6O2S. The number of H-pyrrole nitrogens is 1. The van der Waals surface area contributed by atoms with Crippen LogP contribution in [0.4, 0.5) is 11.4 Å². The van der Waals surface area contributed by atoms with E-state index >= 15 is 0 Å². The van der Waals surface area contributed by atoms with Gasteiger partial charge in [-0.3, -0.25) is 9.59 Å². The molecule has 0 saturated carbocycles. The number of carbonyl (C=O) groups is 2. The van der Waals surface area contributed by atoms with Gasteiger partial charge in [-0.1, -0.05) is 12.2 Å². The predicted molar refractivity (Wildman–Crippen MR) is 99.4 cm³/mol. The third-order valence-corrected chi connectivity index (χ3v) is 4.02. The summed E-state index contributed by atoms with van der Waals surface area (Å²) in [6.07, 6.45) is 4.52. The van der Waals surface area contributed by atoms with Gasteiger partial charge in [0.25, 0.3) is 5.91 Å². The second-order valence-electron chi connectivity index (χ2n) is 5.49. The first kappa shape index (κ1) is 17.5. The third kappa shape index (κ3) is 4.01. The highest BCUT2D eigenvalue weighted by molar-refractivity contribution is 7.71. The average molecular weight is 368 g/mol. The number of hydrogen-bond acceptors (Lipinski definition) is 5. The van der Waals surface area contributed by atoms with E-state index in [0.29, 0.717) is 21.6 Å². The Hall–Kier alpha value is -3.33. The number of rotatable bonds is 5. The van der Waals surface area contributed by atoms with Crippen molar-refractivity contribution in [3.63, 3.8) is 0 Å². The van der Waals surface area contributed by atoms with E-state index in [1.807, 2.05) is 0 Å². The number of aromatic amines is 1. The number of anilines is 2. The topological polar surface area (TPSA) is 105 Å². The summed E-state index contributed by atoms with van der Waals surface area (Å²) in [5, 5.41) is 9.50. The van der Waals surface area contributed by atoms with Crippen LogP contribution in [0.2, 0.25) is 0 Å². The summed E-state index contributed by atoms with van der Waals surface area (Å²) in [5.74, 6) is -0.522. The highest BCUT2D eigenvalue weighted by Crippen LogP contribution is 2.16. The minimum Gasteiger partial charge on any atom is -0.352 e. The minimum atomic E-state index is -0.489. The van der Waals surface area contributed by atoms with Crippen molar-refractivity contribution in [2.45, 2.75) is 13.0 Å². The molecule has 0 aliphatic heterocycles. The quantitative estimate of drug-likeness (QED) is 0.601. The van der Waals surface area contributed by atoms with E-state index in [4.69, 9.17) is 12.2 Å². The molecule has 1 aromatic carbocycles. The zero-order valence-electron chi connectivity index (χ0n) is 13.8. The molecule has 26 heavy (non-hydrogen) atoms. The van der Waals surface area contributed by atoms with E-state index in [1.54, 1.807) is 49.5 Å². The van der Waals surface area contributed by atoms with Gasteiger partial charge in [-0.15, -0.1) is 0 Å². The molecule has 0 radical (unpaired) electrons. The van der Waals surface area contributed by atoms with E-state index in [-0.39, 0.29) is 11.8 Å². The Labute approximate surface area is 154 Å². The van der Waals surface area contributed by atoms with Crippen molar-refractivity contribution in [3.05, 3.63) is 65.5 Å². The molecule has 0 unspecified atom stereocenters. The summed E-state index contributed by atoms with van der Waals surface area (Å²) in [4.78, 5) is 31.1. The fraction of sp³-hybridized carbons (Fsp3) is 0.118. The van der Waals surface area contributed by atoms with Gasteiger partial charge in [0.15, 0.2) is 0 Å². The monoisotopic (exact) mass is 368 g/mol. The van der Waals surface area contributed by atoms with Crippen molar-refractivity contribution in [3.8, 4) is 0 Å². The number of carbonyl (C=O) groups excluding carboxylic acids is 2. The van der Waals surface area contributed by atoms with Gasteiger partial charge in [0.1, 0.15) is 23.3 Å². The number of nitrogens with zero attached hydrogens (tertiary/aromatic N) is 3. The maximum absolute atomic E-state index is 12.2. The molecule has 0 aliphatic carbocycles. The second kappa shape index (κ2) is 7.70. The molecule has 2 heterocycles. The zero-order chi connectivity index (χ0) is 18.5. The van der Waals surface area contributed by atoms with Gasteiger partial charge in [-0.05, 0) is 43.3 Å². The van der Waals surface area contributed by atoms with Crippen LogP contribution in [0, 0.1) is 4.64 Å². The SMILES string of the molecule is C[C@@H](C(=O)Nc1ccc(NC(=O)c2ccc[nH]c2=S)cc1)n1cncn1. The normalized spacial score (nSPS) is 11.6. The van der Waals surface area contributed by atoms with Gasteiger partial charge < -0.3 is 15.6 Å². The lowest BCUT2D eigenvalue weighted by molar-refractivity contribution is -0.119. The third-order valence-electron chi connectivity index (χ3n) is 3.69. The Morgan fingerprint density at radius 1 is 1.15 bits per heavy atom. The average Bonchev–Trinajstić information content (AvgIpc) is 3.17. The van der Waals surface area contributed by atoms with Gasteiger partial charge in [0.05, 0.1) is 5.56 Å². The lowest BCUT2D eigenvalue weighted by Gasteiger charge is -2.12. The van der Waals surface area contributed by atoms with Crippen LogP contribution < -0.4 is 10.6 Å². The standard InChI is InChI=1S/C17H16N6O2S/c1-11(23-10-18-9-20-23)15(24)21-12-4-6-13(7-5-12)22-16(25)14-3-2-8-19-17(14)26/h2-11H,1H3,(H,19,26)(H,21,24)(H,22,25)/t11-/m0/s1. The first-order valence-corrected chi connectivity index (χ1v) is 8.19. The number of nitrogens with one attached hydrogen (secondary N) is 3. The number of amides is 2. The van der Waals surface area contributed by atoms with Gasteiger partial charge in [-0.25, -0.2) is 9.67 Å². The van der Waals surface area contributed by atoms with Crippen molar-refractivity contribution < 1.29 is 9.59 Å². The van der Waals surface area contributed by atoms with E-state index in [9.17, 15) is 9.59 Å². The molecular weight excluding hydrogens is 352 g/mol. The van der Waals surface area contributed by atoms with Gasteiger partial charge in [0.2, 0.25) is 5.91 Å². The van der Waals surface area contributed by atoms with E-state index < -0.39 is 6.04 Å². The Morgan fingerprint density at radius 3 is 2.46 bits per heavy atom. The number of aromatic nitrogens is 4. The molecule has 132 valence electrons. The summed E-state index contributed by atoms with van der Waals surface area (Å²) in [6, 6.07) is 9.66. The van der Waals surface area contributed by atoms with Gasteiger partial charge in [-0.2, -0.15) is 5.10 Å².